The maximum absolute atomic E-state index is 2.71. The molecule has 0 amide bonds. The maximum atomic E-state index is 2.71. The minimum absolute atomic E-state index is 1.28. The van der Waals surface area contributed by atoms with Crippen molar-refractivity contribution in [1.29, 1.82) is 0 Å². The fraction of sp³-hybridized carbons (Fsp3) is 0.842. The number of benzene rings is 1. The fourth-order valence-electron chi connectivity index (χ4n) is 13.5. The minimum Gasteiger partial charge on any atom is -0.0654 e. The van der Waals surface area contributed by atoms with Gasteiger partial charge in [0.15, 0.2) is 0 Å². The van der Waals surface area contributed by atoms with Crippen LogP contribution in [-0.4, -0.2) is 0 Å². The van der Waals surface area contributed by atoms with Gasteiger partial charge < -0.3 is 0 Å². The Morgan fingerprint density at radius 1 is 0.237 bits per heavy atom. The third-order valence-corrected chi connectivity index (χ3v) is 18.5. The highest BCUT2D eigenvalue weighted by atomic mass is 14.3. The molecule has 2 aliphatic rings. The Balaban J connectivity index is 1.66. The molecule has 0 spiro atoms. The third-order valence-electron chi connectivity index (χ3n) is 18.5. The first kappa shape index (κ1) is 68.7. The molecule has 0 nitrogen and oxygen atoms in total. The van der Waals surface area contributed by atoms with Crippen LogP contribution in [0.4, 0.5) is 0 Å². The summed E-state index contributed by atoms with van der Waals surface area (Å²) in [5.41, 5.74) is 10.6. The Morgan fingerprint density at radius 3 is 0.763 bits per heavy atom. The van der Waals surface area contributed by atoms with Gasteiger partial charge in [0.1, 0.15) is 0 Å². The van der Waals surface area contributed by atoms with E-state index < -0.39 is 0 Å². The molecular formula is C76H136. The third kappa shape index (κ3) is 33.9. The first-order valence-electron chi connectivity index (χ1n) is 36.1. The van der Waals surface area contributed by atoms with Gasteiger partial charge in [-0.15, -0.1) is 0 Å². The summed E-state index contributed by atoms with van der Waals surface area (Å²) in [7, 11) is 0. The van der Waals surface area contributed by atoms with Crippen LogP contribution in [0.5, 0.6) is 0 Å². The second kappa shape index (κ2) is 51.6. The van der Waals surface area contributed by atoms with Crippen molar-refractivity contribution in [2.45, 2.75) is 413 Å². The summed E-state index contributed by atoms with van der Waals surface area (Å²) in [5.74, 6) is 0. The van der Waals surface area contributed by atoms with Crippen LogP contribution >= 0.6 is 0 Å². The lowest BCUT2D eigenvalue weighted by molar-refractivity contribution is 0.534. The highest BCUT2D eigenvalue weighted by Gasteiger charge is 2.26. The van der Waals surface area contributed by atoms with Gasteiger partial charge >= 0.3 is 0 Å². The zero-order valence-corrected chi connectivity index (χ0v) is 52.7. The van der Waals surface area contributed by atoms with Crippen molar-refractivity contribution in [2.75, 3.05) is 0 Å². The zero-order valence-electron chi connectivity index (χ0n) is 52.7. The molecule has 1 aromatic carbocycles. The predicted molar refractivity (Wildman–Crippen MR) is 348 cm³/mol. The number of hydrogen-bond donors (Lipinski definition) is 0. The number of rotatable bonds is 60. The largest absolute Gasteiger partial charge is 0.0654 e. The molecule has 0 radical (unpaired) electrons. The Bertz CT molecular complexity index is 1630. The SMILES string of the molecule is CCCCCCCCCCCCCCCCC1=C(CCCCCCCCCCCCCCCC)c2cc3c(c(CCCCCCCCCCCCCCCC)c2=C1CCCCCCCCCCCCCCCC)C=CC=3. The summed E-state index contributed by atoms with van der Waals surface area (Å²) >= 11 is 0. The summed E-state index contributed by atoms with van der Waals surface area (Å²) in [4.78, 5) is 0. The summed E-state index contributed by atoms with van der Waals surface area (Å²) in [6, 6.07) is 2.71. The monoisotopic (exact) mass is 1050 g/mol. The van der Waals surface area contributed by atoms with E-state index in [0.29, 0.717) is 0 Å². The standard InChI is InChI=1S/C76H136/c1-5-9-13-17-21-25-29-33-37-41-45-49-53-57-63-71-72(64-58-54-50-46-42-38-34-30-26-22-18-14-10-6-2)75-68-69-62-61-67-70(69)73(65-59-55-51-47-43-39-35-31-27-23-19-15-11-7-3)76(75)74(71)66-60-56-52-48-44-40-36-32-28-24-20-16-12-8-4/h61-62,67-68H,5-60,63-66H2,1-4H3. The van der Waals surface area contributed by atoms with Crippen molar-refractivity contribution in [3.05, 3.63) is 44.8 Å². The van der Waals surface area contributed by atoms with Gasteiger partial charge in [-0.3, -0.25) is 0 Å². The van der Waals surface area contributed by atoms with E-state index >= 15 is 0 Å². The lowest BCUT2D eigenvalue weighted by atomic mass is 9.91. The van der Waals surface area contributed by atoms with Crippen LogP contribution in [0.3, 0.4) is 0 Å². The molecule has 0 heteroatoms. The van der Waals surface area contributed by atoms with Crippen LogP contribution in [0.15, 0.2) is 17.7 Å². The van der Waals surface area contributed by atoms with E-state index in [1.165, 1.54) is 390 Å². The Labute approximate surface area is 478 Å². The minimum atomic E-state index is 1.28. The highest BCUT2D eigenvalue weighted by molar-refractivity contribution is 5.91. The molecule has 0 unspecified atom stereocenters. The van der Waals surface area contributed by atoms with Crippen molar-refractivity contribution < 1.29 is 0 Å². The Morgan fingerprint density at radius 2 is 0.474 bits per heavy atom. The van der Waals surface area contributed by atoms with Crippen molar-refractivity contribution in [3.8, 4) is 0 Å². The molecule has 0 bridgehead atoms. The molecule has 0 heterocycles. The van der Waals surface area contributed by atoms with Gasteiger partial charge in [-0.2, -0.15) is 0 Å². The normalized spacial score (nSPS) is 13.0. The Hall–Kier alpha value is -1.56. The molecule has 3 rings (SSSR count). The first-order chi connectivity index (χ1) is 37.8. The average molecular weight is 1050 g/mol. The average Bonchev–Trinajstić information content (AvgIpc) is 4.03. The number of unbranched alkanes of at least 4 members (excludes halogenated alkanes) is 52. The van der Waals surface area contributed by atoms with Crippen molar-refractivity contribution in [1.82, 2.24) is 0 Å². The zero-order chi connectivity index (χ0) is 53.9. The summed E-state index contributed by atoms with van der Waals surface area (Å²) in [6.45, 7) is 9.33. The van der Waals surface area contributed by atoms with Gasteiger partial charge in [-0.1, -0.05) is 380 Å². The summed E-state index contributed by atoms with van der Waals surface area (Å²) < 4.78 is 0. The van der Waals surface area contributed by atoms with E-state index in [2.05, 4.69) is 52.0 Å². The topological polar surface area (TPSA) is 0 Å². The van der Waals surface area contributed by atoms with Crippen LogP contribution in [0.2, 0.25) is 0 Å². The molecule has 0 aliphatic heterocycles. The smallest absolute Gasteiger partial charge is 0.0108 e. The molecule has 0 atom stereocenters. The van der Waals surface area contributed by atoms with Gasteiger partial charge in [-0.25, -0.2) is 0 Å². The van der Waals surface area contributed by atoms with Crippen molar-refractivity contribution in [2.24, 2.45) is 0 Å². The van der Waals surface area contributed by atoms with Gasteiger partial charge in [-0.05, 0) is 101 Å². The fourth-order valence-corrected chi connectivity index (χ4v) is 13.5. The van der Waals surface area contributed by atoms with Crippen LogP contribution in [0.25, 0.3) is 23.3 Å². The molecule has 0 fully saturated rings. The molecule has 1 aromatic rings. The van der Waals surface area contributed by atoms with Gasteiger partial charge in [0.05, 0.1) is 0 Å². The lowest BCUT2D eigenvalue weighted by Crippen LogP contribution is -2.23. The van der Waals surface area contributed by atoms with Gasteiger partial charge in [0.2, 0.25) is 0 Å². The summed E-state index contributed by atoms with van der Waals surface area (Å²) in [6.07, 6.45) is 93.4. The number of fused-ring (bicyclic) bond motifs is 2. The molecule has 0 aromatic heterocycles. The Kier molecular flexibility index (Phi) is 46.6. The molecule has 440 valence electrons. The van der Waals surface area contributed by atoms with Crippen LogP contribution in [0, 0.1) is 0 Å². The molecule has 2 aliphatic carbocycles. The van der Waals surface area contributed by atoms with E-state index in [9.17, 15) is 0 Å². The van der Waals surface area contributed by atoms with Crippen LogP contribution < -0.4 is 10.4 Å². The first-order valence-corrected chi connectivity index (χ1v) is 36.1. The molecule has 0 saturated carbocycles. The summed E-state index contributed by atoms with van der Waals surface area (Å²) in [5, 5.41) is 3.30. The molecule has 76 heavy (non-hydrogen) atoms. The predicted octanol–water partition coefficient (Wildman–Crippen LogP) is 26.0. The molecule has 0 saturated heterocycles. The number of allylic oxidation sites excluding steroid dienone is 3. The van der Waals surface area contributed by atoms with E-state index in [4.69, 9.17) is 0 Å². The second-order valence-corrected chi connectivity index (χ2v) is 25.6. The lowest BCUT2D eigenvalue weighted by Gasteiger charge is -2.14. The van der Waals surface area contributed by atoms with Gasteiger partial charge in [0.25, 0.3) is 0 Å². The quantitative estimate of drug-likeness (QED) is 0.0571. The van der Waals surface area contributed by atoms with Crippen molar-refractivity contribution in [3.63, 3.8) is 0 Å². The molecular weight excluding hydrogens is 913 g/mol. The number of hydrogen-bond acceptors (Lipinski definition) is 0. The van der Waals surface area contributed by atoms with E-state index in [0.717, 1.165) is 0 Å². The second-order valence-electron chi connectivity index (χ2n) is 25.6. The van der Waals surface area contributed by atoms with Gasteiger partial charge in [0, 0.05) is 0 Å². The molecule has 0 N–H and O–H groups in total. The van der Waals surface area contributed by atoms with E-state index in [-0.39, 0.29) is 0 Å². The van der Waals surface area contributed by atoms with E-state index in [1.54, 1.807) is 21.9 Å². The van der Waals surface area contributed by atoms with Crippen LogP contribution in [0.1, 0.15) is 423 Å². The van der Waals surface area contributed by atoms with E-state index in [1.807, 2.05) is 16.7 Å². The highest BCUT2D eigenvalue weighted by Crippen LogP contribution is 2.39. The maximum Gasteiger partial charge on any atom is -0.0108 e. The van der Waals surface area contributed by atoms with Crippen LogP contribution in [-0.2, 0) is 6.42 Å². The van der Waals surface area contributed by atoms with Crippen molar-refractivity contribution >= 4 is 23.3 Å².